The summed E-state index contributed by atoms with van der Waals surface area (Å²) < 4.78 is 5.02. The number of amides is 2. The number of hydrogen-bond donors (Lipinski definition) is 1. The van der Waals surface area contributed by atoms with Gasteiger partial charge in [0.2, 0.25) is 17.5 Å². The van der Waals surface area contributed by atoms with Gasteiger partial charge < -0.3 is 24.8 Å². The highest BCUT2D eigenvalue weighted by Gasteiger charge is 2.31. The largest absolute Gasteiger partial charge is 0.450 e. The molecular weight excluding hydrogens is 394 g/mol. The number of piperidine rings is 1. The SMILES string of the molecule is CCOC(=O)N1CCC(Nc2ncnc(N3CCN(C(C)=O)CC3)c2[N+](=O)[O-])CC1. The molecule has 3 rings (SSSR count). The van der Waals surface area contributed by atoms with Crippen LogP contribution in [0.1, 0.15) is 26.7 Å². The van der Waals surface area contributed by atoms with Crippen LogP contribution in [0.5, 0.6) is 0 Å². The lowest BCUT2D eigenvalue weighted by Crippen LogP contribution is -2.48. The first-order valence-electron chi connectivity index (χ1n) is 10.1. The van der Waals surface area contributed by atoms with Crippen molar-refractivity contribution >= 4 is 29.3 Å². The van der Waals surface area contributed by atoms with Crippen LogP contribution in [-0.2, 0) is 9.53 Å². The standard InChI is InChI=1S/C18H27N7O5/c1-3-30-18(27)24-6-4-14(5-7-24)21-16-15(25(28)29)17(20-12-19-16)23-10-8-22(9-11-23)13(2)26/h12,14H,3-11H2,1-2H3,(H,19,20,21). The van der Waals surface area contributed by atoms with E-state index >= 15 is 0 Å². The van der Waals surface area contributed by atoms with Gasteiger partial charge in [0.1, 0.15) is 6.33 Å². The fraction of sp³-hybridized carbons (Fsp3) is 0.667. The van der Waals surface area contributed by atoms with Crippen LogP contribution in [0.25, 0.3) is 0 Å². The number of piperazine rings is 1. The highest BCUT2D eigenvalue weighted by atomic mass is 16.6. The molecule has 0 unspecified atom stereocenters. The van der Waals surface area contributed by atoms with E-state index in [0.717, 1.165) is 0 Å². The van der Waals surface area contributed by atoms with Crippen molar-refractivity contribution in [2.45, 2.75) is 32.7 Å². The number of rotatable bonds is 5. The molecule has 164 valence electrons. The Labute approximate surface area is 174 Å². The van der Waals surface area contributed by atoms with Crippen molar-refractivity contribution in [3.63, 3.8) is 0 Å². The van der Waals surface area contributed by atoms with Crippen LogP contribution in [0.3, 0.4) is 0 Å². The third-order valence-corrected chi connectivity index (χ3v) is 5.37. The van der Waals surface area contributed by atoms with E-state index in [0.29, 0.717) is 58.7 Å². The minimum atomic E-state index is -0.469. The molecule has 0 radical (unpaired) electrons. The Kier molecular flexibility index (Phi) is 6.85. The quantitative estimate of drug-likeness (QED) is 0.547. The zero-order chi connectivity index (χ0) is 21.7. The predicted molar refractivity (Wildman–Crippen MR) is 108 cm³/mol. The van der Waals surface area contributed by atoms with Crippen LogP contribution in [-0.4, -0.2) is 88.6 Å². The normalized spacial score (nSPS) is 17.6. The summed E-state index contributed by atoms with van der Waals surface area (Å²) in [7, 11) is 0. The Morgan fingerprint density at radius 1 is 1.17 bits per heavy atom. The Balaban J connectivity index is 1.69. The first-order valence-corrected chi connectivity index (χ1v) is 10.1. The number of aromatic nitrogens is 2. The summed E-state index contributed by atoms with van der Waals surface area (Å²) in [5.74, 6) is 0.418. The topological polar surface area (TPSA) is 134 Å². The van der Waals surface area contributed by atoms with Gasteiger partial charge in [0.15, 0.2) is 0 Å². The molecule has 1 N–H and O–H groups in total. The van der Waals surface area contributed by atoms with Crippen LogP contribution < -0.4 is 10.2 Å². The van der Waals surface area contributed by atoms with E-state index in [1.165, 1.54) is 13.3 Å². The number of nitrogens with zero attached hydrogens (tertiary/aromatic N) is 6. The number of ether oxygens (including phenoxy) is 1. The second-order valence-corrected chi connectivity index (χ2v) is 7.25. The van der Waals surface area contributed by atoms with Gasteiger partial charge >= 0.3 is 11.8 Å². The number of nitrogens with one attached hydrogen (secondary N) is 1. The molecule has 2 fully saturated rings. The highest BCUT2D eigenvalue weighted by Crippen LogP contribution is 2.33. The van der Waals surface area contributed by atoms with Crippen LogP contribution in [0, 0.1) is 10.1 Å². The summed E-state index contributed by atoms with van der Waals surface area (Å²) >= 11 is 0. The summed E-state index contributed by atoms with van der Waals surface area (Å²) in [5, 5.41) is 15.0. The average molecular weight is 421 g/mol. The number of anilines is 2. The van der Waals surface area contributed by atoms with Gasteiger partial charge in [-0.3, -0.25) is 14.9 Å². The molecule has 1 aromatic heterocycles. The maximum absolute atomic E-state index is 11.8. The number of carbonyl (C=O) groups excluding carboxylic acids is 2. The van der Waals surface area contributed by atoms with Crippen molar-refractivity contribution in [2.75, 3.05) is 56.1 Å². The zero-order valence-electron chi connectivity index (χ0n) is 17.2. The van der Waals surface area contributed by atoms with E-state index in [2.05, 4.69) is 15.3 Å². The van der Waals surface area contributed by atoms with E-state index in [-0.39, 0.29) is 35.4 Å². The molecule has 0 spiro atoms. The molecule has 12 nitrogen and oxygen atoms in total. The smallest absolute Gasteiger partial charge is 0.409 e. The van der Waals surface area contributed by atoms with Gasteiger partial charge in [0.05, 0.1) is 11.5 Å². The molecule has 30 heavy (non-hydrogen) atoms. The summed E-state index contributed by atoms with van der Waals surface area (Å²) in [4.78, 5) is 48.2. The fourth-order valence-corrected chi connectivity index (χ4v) is 3.72. The number of likely N-dealkylation sites (tertiary alicyclic amines) is 1. The van der Waals surface area contributed by atoms with Crippen LogP contribution in [0.15, 0.2) is 6.33 Å². The second kappa shape index (κ2) is 9.55. The Bertz CT molecular complexity index is 789. The molecule has 0 aromatic carbocycles. The van der Waals surface area contributed by atoms with Crippen LogP contribution in [0.4, 0.5) is 22.1 Å². The van der Waals surface area contributed by atoms with E-state index in [9.17, 15) is 19.7 Å². The molecule has 12 heteroatoms. The summed E-state index contributed by atoms with van der Waals surface area (Å²) in [6, 6.07) is -0.0494. The number of carbonyl (C=O) groups is 2. The Hall–Kier alpha value is -3.18. The molecule has 1 aromatic rings. The van der Waals surface area contributed by atoms with Gasteiger partial charge in [-0.2, -0.15) is 0 Å². The zero-order valence-corrected chi connectivity index (χ0v) is 17.2. The van der Waals surface area contributed by atoms with Crippen molar-refractivity contribution in [2.24, 2.45) is 0 Å². The predicted octanol–water partition coefficient (Wildman–Crippen LogP) is 1.09. The lowest BCUT2D eigenvalue weighted by Gasteiger charge is -2.35. The van der Waals surface area contributed by atoms with Crippen molar-refractivity contribution in [1.82, 2.24) is 19.8 Å². The second-order valence-electron chi connectivity index (χ2n) is 7.25. The Morgan fingerprint density at radius 3 is 2.40 bits per heavy atom. The molecule has 0 saturated carbocycles. The minimum Gasteiger partial charge on any atom is -0.450 e. The molecule has 0 atom stereocenters. The summed E-state index contributed by atoms with van der Waals surface area (Å²) in [5.41, 5.74) is -0.165. The molecule has 0 aliphatic carbocycles. The summed E-state index contributed by atoms with van der Waals surface area (Å²) in [6.07, 6.45) is 2.24. The Morgan fingerprint density at radius 2 is 1.83 bits per heavy atom. The van der Waals surface area contributed by atoms with E-state index in [1.807, 2.05) is 4.90 Å². The van der Waals surface area contributed by atoms with E-state index < -0.39 is 4.92 Å². The number of nitro groups is 1. The van der Waals surface area contributed by atoms with E-state index in [4.69, 9.17) is 4.74 Å². The monoisotopic (exact) mass is 421 g/mol. The minimum absolute atomic E-state index is 0.0108. The van der Waals surface area contributed by atoms with Gasteiger partial charge in [-0.25, -0.2) is 14.8 Å². The lowest BCUT2D eigenvalue weighted by atomic mass is 10.1. The van der Waals surface area contributed by atoms with Crippen molar-refractivity contribution in [3.05, 3.63) is 16.4 Å². The molecular formula is C18H27N7O5. The van der Waals surface area contributed by atoms with Crippen molar-refractivity contribution in [3.8, 4) is 0 Å². The van der Waals surface area contributed by atoms with E-state index in [1.54, 1.807) is 16.7 Å². The van der Waals surface area contributed by atoms with Gasteiger partial charge in [-0.05, 0) is 19.8 Å². The summed E-state index contributed by atoms with van der Waals surface area (Å²) in [6.45, 7) is 6.54. The number of hydrogen-bond acceptors (Lipinski definition) is 9. The highest BCUT2D eigenvalue weighted by molar-refractivity contribution is 5.74. The van der Waals surface area contributed by atoms with Crippen molar-refractivity contribution in [1.29, 1.82) is 0 Å². The van der Waals surface area contributed by atoms with Gasteiger partial charge in [0.25, 0.3) is 0 Å². The van der Waals surface area contributed by atoms with Crippen LogP contribution >= 0.6 is 0 Å². The average Bonchev–Trinajstić information content (AvgIpc) is 2.74. The molecule has 3 heterocycles. The first-order chi connectivity index (χ1) is 14.4. The molecule has 2 aliphatic rings. The van der Waals surface area contributed by atoms with Crippen molar-refractivity contribution < 1.29 is 19.2 Å². The molecule has 2 aliphatic heterocycles. The molecule has 0 bridgehead atoms. The maximum Gasteiger partial charge on any atom is 0.409 e. The van der Waals surface area contributed by atoms with Crippen LogP contribution in [0.2, 0.25) is 0 Å². The maximum atomic E-state index is 11.8. The third-order valence-electron chi connectivity index (χ3n) is 5.37. The lowest BCUT2D eigenvalue weighted by molar-refractivity contribution is -0.383. The van der Waals surface area contributed by atoms with Gasteiger partial charge in [-0.1, -0.05) is 0 Å². The molecule has 2 amide bonds. The van der Waals surface area contributed by atoms with Gasteiger partial charge in [-0.15, -0.1) is 0 Å². The van der Waals surface area contributed by atoms with Gasteiger partial charge in [0, 0.05) is 52.2 Å². The molecule has 2 saturated heterocycles. The fourth-order valence-electron chi connectivity index (χ4n) is 3.72. The third kappa shape index (κ3) is 4.86. The first kappa shape index (κ1) is 21.5.